The molecular formula is C8H14BNO2. The maximum absolute atomic E-state index is 5.68. The zero-order valence-corrected chi connectivity index (χ0v) is 7.33. The second kappa shape index (κ2) is 5.63. The standard InChI is InChI=1S/C8H10BN.2H2O/c1-10(2)8-6-4-3-5-7(8)9;;/h3-6H,1-2H3;2*1H2. The molecule has 0 aliphatic rings. The van der Waals surface area contributed by atoms with Crippen LogP contribution in [-0.2, 0) is 0 Å². The third-order valence-corrected chi connectivity index (χ3v) is 1.42. The van der Waals surface area contributed by atoms with Gasteiger partial charge in [-0.2, -0.15) is 0 Å². The summed E-state index contributed by atoms with van der Waals surface area (Å²) >= 11 is 0. The van der Waals surface area contributed by atoms with Gasteiger partial charge in [-0.1, -0.05) is 23.7 Å². The number of para-hydroxylation sites is 1. The highest BCUT2D eigenvalue weighted by atomic mass is 16.0. The van der Waals surface area contributed by atoms with Crippen molar-refractivity contribution >= 4 is 19.0 Å². The highest BCUT2D eigenvalue weighted by Gasteiger charge is 1.95. The number of benzene rings is 1. The maximum Gasteiger partial charge on any atom is 0.116 e. The SMILES string of the molecule is O.O.[B]c1ccccc1N(C)C. The van der Waals surface area contributed by atoms with Crippen LogP contribution in [0.2, 0.25) is 0 Å². The Bertz CT molecular complexity index is 228. The summed E-state index contributed by atoms with van der Waals surface area (Å²) in [6, 6.07) is 7.80. The van der Waals surface area contributed by atoms with E-state index in [4.69, 9.17) is 7.85 Å². The van der Waals surface area contributed by atoms with Crippen molar-refractivity contribution in [3.8, 4) is 0 Å². The molecule has 0 atom stereocenters. The number of rotatable bonds is 1. The molecule has 0 aliphatic carbocycles. The van der Waals surface area contributed by atoms with E-state index in [1.54, 1.807) is 0 Å². The fourth-order valence-electron chi connectivity index (χ4n) is 0.895. The fraction of sp³-hybridized carbons (Fsp3) is 0.250. The normalized spacial score (nSPS) is 7.83. The van der Waals surface area contributed by atoms with Crippen LogP contribution in [0.1, 0.15) is 0 Å². The lowest BCUT2D eigenvalue weighted by atomic mass is 9.94. The molecule has 4 heteroatoms. The summed E-state index contributed by atoms with van der Waals surface area (Å²) in [4.78, 5) is 2.00. The molecule has 0 spiro atoms. The molecule has 1 aromatic rings. The van der Waals surface area contributed by atoms with Crippen LogP contribution in [0.3, 0.4) is 0 Å². The van der Waals surface area contributed by atoms with Crippen LogP contribution in [0.25, 0.3) is 0 Å². The lowest BCUT2D eigenvalue weighted by Crippen LogP contribution is -2.18. The Balaban J connectivity index is 0. The highest BCUT2D eigenvalue weighted by molar-refractivity contribution is 6.35. The molecule has 0 heterocycles. The number of hydrogen-bond acceptors (Lipinski definition) is 1. The topological polar surface area (TPSA) is 66.2 Å². The maximum atomic E-state index is 5.68. The van der Waals surface area contributed by atoms with E-state index < -0.39 is 0 Å². The van der Waals surface area contributed by atoms with Crippen LogP contribution in [0, 0.1) is 0 Å². The fourth-order valence-corrected chi connectivity index (χ4v) is 0.895. The molecule has 1 rings (SSSR count). The molecule has 0 aliphatic heterocycles. The highest BCUT2D eigenvalue weighted by Crippen LogP contribution is 2.03. The van der Waals surface area contributed by atoms with E-state index in [2.05, 4.69) is 0 Å². The van der Waals surface area contributed by atoms with Gasteiger partial charge in [0, 0.05) is 19.8 Å². The van der Waals surface area contributed by atoms with Gasteiger partial charge in [0.25, 0.3) is 0 Å². The van der Waals surface area contributed by atoms with Gasteiger partial charge in [0.2, 0.25) is 0 Å². The van der Waals surface area contributed by atoms with Crippen LogP contribution in [0.5, 0.6) is 0 Å². The van der Waals surface area contributed by atoms with Crippen molar-refractivity contribution in [3.05, 3.63) is 24.3 Å². The second-order valence-electron chi connectivity index (χ2n) is 2.45. The summed E-state index contributed by atoms with van der Waals surface area (Å²) in [5.74, 6) is 0. The van der Waals surface area contributed by atoms with Crippen molar-refractivity contribution in [1.82, 2.24) is 0 Å². The minimum absolute atomic E-state index is 0. The molecule has 2 radical (unpaired) electrons. The summed E-state index contributed by atoms with van der Waals surface area (Å²) in [5.41, 5.74) is 1.90. The molecule has 12 heavy (non-hydrogen) atoms. The van der Waals surface area contributed by atoms with Crippen LogP contribution < -0.4 is 10.4 Å². The molecule has 66 valence electrons. The quantitative estimate of drug-likeness (QED) is 0.489. The Morgan fingerprint density at radius 1 is 1.08 bits per heavy atom. The van der Waals surface area contributed by atoms with Crippen molar-refractivity contribution in [2.75, 3.05) is 19.0 Å². The van der Waals surface area contributed by atoms with Crippen molar-refractivity contribution in [1.29, 1.82) is 0 Å². The molecule has 0 amide bonds. The predicted octanol–water partition coefficient (Wildman–Crippen LogP) is -1.10. The zero-order chi connectivity index (χ0) is 7.56. The third kappa shape index (κ3) is 2.94. The monoisotopic (exact) mass is 167 g/mol. The average Bonchev–Trinajstić information content (AvgIpc) is 1.88. The van der Waals surface area contributed by atoms with Crippen LogP contribution >= 0.6 is 0 Å². The first kappa shape index (κ1) is 13.6. The summed E-state index contributed by atoms with van der Waals surface area (Å²) in [6.45, 7) is 0. The largest absolute Gasteiger partial charge is 0.412 e. The van der Waals surface area contributed by atoms with Gasteiger partial charge in [-0.3, -0.25) is 0 Å². The Hall–Kier alpha value is -0.995. The van der Waals surface area contributed by atoms with Crippen molar-refractivity contribution in [3.63, 3.8) is 0 Å². The van der Waals surface area contributed by atoms with Gasteiger partial charge in [0.05, 0.1) is 0 Å². The van der Waals surface area contributed by atoms with Crippen molar-refractivity contribution in [2.24, 2.45) is 0 Å². The number of nitrogens with zero attached hydrogens (tertiary/aromatic N) is 1. The lowest BCUT2D eigenvalue weighted by Gasteiger charge is -2.14. The van der Waals surface area contributed by atoms with Crippen LogP contribution in [0.15, 0.2) is 24.3 Å². The Kier molecular flexibility index (Phi) is 6.37. The molecule has 0 saturated heterocycles. The van der Waals surface area contributed by atoms with Gasteiger partial charge in [-0.05, 0) is 6.07 Å². The van der Waals surface area contributed by atoms with Gasteiger partial charge in [0.1, 0.15) is 7.85 Å². The van der Waals surface area contributed by atoms with E-state index in [0.29, 0.717) is 0 Å². The second-order valence-corrected chi connectivity index (χ2v) is 2.45. The number of hydrogen-bond donors (Lipinski definition) is 0. The Morgan fingerprint density at radius 3 is 1.92 bits per heavy atom. The number of anilines is 1. The van der Waals surface area contributed by atoms with E-state index >= 15 is 0 Å². The minimum Gasteiger partial charge on any atom is -0.412 e. The molecule has 4 N–H and O–H groups in total. The van der Waals surface area contributed by atoms with Gasteiger partial charge < -0.3 is 15.9 Å². The van der Waals surface area contributed by atoms with Gasteiger partial charge >= 0.3 is 0 Å². The first-order valence-corrected chi connectivity index (χ1v) is 3.23. The molecular weight excluding hydrogens is 153 g/mol. The molecule has 0 saturated carbocycles. The van der Waals surface area contributed by atoms with E-state index in [-0.39, 0.29) is 11.0 Å². The van der Waals surface area contributed by atoms with E-state index in [1.807, 2.05) is 43.3 Å². The predicted molar refractivity (Wildman–Crippen MR) is 53.4 cm³/mol. The third-order valence-electron chi connectivity index (χ3n) is 1.42. The van der Waals surface area contributed by atoms with E-state index in [9.17, 15) is 0 Å². The summed E-state index contributed by atoms with van der Waals surface area (Å²) in [7, 11) is 9.64. The van der Waals surface area contributed by atoms with Crippen LogP contribution in [-0.4, -0.2) is 32.9 Å². The van der Waals surface area contributed by atoms with E-state index in [1.165, 1.54) is 0 Å². The minimum atomic E-state index is 0. The first-order chi connectivity index (χ1) is 4.72. The van der Waals surface area contributed by atoms with Gasteiger partial charge in [0.15, 0.2) is 0 Å². The average molecular weight is 167 g/mol. The summed E-state index contributed by atoms with van der Waals surface area (Å²) < 4.78 is 0. The lowest BCUT2D eigenvalue weighted by molar-refractivity contribution is 0.823. The molecule has 0 unspecified atom stereocenters. The molecule has 0 fully saturated rings. The summed E-state index contributed by atoms with van der Waals surface area (Å²) in [5, 5.41) is 0. The van der Waals surface area contributed by atoms with Crippen LogP contribution in [0.4, 0.5) is 5.69 Å². The van der Waals surface area contributed by atoms with Crippen molar-refractivity contribution in [2.45, 2.75) is 0 Å². The smallest absolute Gasteiger partial charge is 0.116 e. The summed E-state index contributed by atoms with van der Waals surface area (Å²) in [6.07, 6.45) is 0. The Labute approximate surface area is 74.0 Å². The molecule has 3 nitrogen and oxygen atoms in total. The first-order valence-electron chi connectivity index (χ1n) is 3.23. The molecule has 0 bridgehead atoms. The molecule has 0 aromatic heterocycles. The van der Waals surface area contributed by atoms with E-state index in [0.717, 1.165) is 11.2 Å². The Morgan fingerprint density at radius 2 is 1.58 bits per heavy atom. The zero-order valence-electron chi connectivity index (χ0n) is 7.33. The van der Waals surface area contributed by atoms with Gasteiger partial charge in [-0.15, -0.1) is 0 Å². The molecule has 1 aromatic carbocycles. The van der Waals surface area contributed by atoms with Gasteiger partial charge in [-0.25, -0.2) is 0 Å². The van der Waals surface area contributed by atoms with Crippen molar-refractivity contribution < 1.29 is 11.0 Å².